The summed E-state index contributed by atoms with van der Waals surface area (Å²) in [6, 6.07) is 6.49. The zero-order valence-electron chi connectivity index (χ0n) is 11.5. The second-order valence-electron chi connectivity index (χ2n) is 5.71. The van der Waals surface area contributed by atoms with Crippen LogP contribution >= 0.6 is 0 Å². The van der Waals surface area contributed by atoms with E-state index in [1.807, 2.05) is 12.3 Å². The molecule has 0 saturated heterocycles. The number of aryl methyl sites for hydroxylation is 1. The highest BCUT2D eigenvalue weighted by molar-refractivity contribution is 5.03. The number of pyridine rings is 1. The van der Waals surface area contributed by atoms with Crippen LogP contribution in [0.1, 0.15) is 51.1 Å². The Morgan fingerprint density at radius 1 is 1.28 bits per heavy atom. The molecular weight excluding hydrogens is 220 g/mol. The fraction of sp³-hybridized carbons (Fsp3) is 0.688. The third-order valence-corrected chi connectivity index (χ3v) is 4.53. The van der Waals surface area contributed by atoms with E-state index < -0.39 is 0 Å². The van der Waals surface area contributed by atoms with Crippen molar-refractivity contribution in [2.24, 2.45) is 17.6 Å². The van der Waals surface area contributed by atoms with Crippen LogP contribution in [0, 0.1) is 11.8 Å². The van der Waals surface area contributed by atoms with Gasteiger partial charge in [-0.05, 0) is 49.7 Å². The maximum absolute atomic E-state index is 6.36. The molecule has 0 radical (unpaired) electrons. The Morgan fingerprint density at radius 2 is 2.06 bits per heavy atom. The first-order valence-electron chi connectivity index (χ1n) is 7.45. The Balaban J connectivity index is 1.73. The predicted octanol–water partition coefficient (Wildman–Crippen LogP) is 3.56. The van der Waals surface area contributed by atoms with E-state index in [9.17, 15) is 0 Å². The fourth-order valence-corrected chi connectivity index (χ4v) is 3.12. The number of nitrogens with two attached hydrogens (primary N) is 1. The highest BCUT2D eigenvalue weighted by Crippen LogP contribution is 2.32. The van der Waals surface area contributed by atoms with Crippen LogP contribution in [-0.4, -0.2) is 11.0 Å². The molecule has 0 aromatic carbocycles. The van der Waals surface area contributed by atoms with E-state index in [1.165, 1.54) is 37.8 Å². The zero-order valence-corrected chi connectivity index (χ0v) is 11.5. The standard InChI is InChI=1S/C16H26N2/c1-2-13-6-8-14(9-7-13)16(17)11-10-15-5-3-4-12-18-15/h3-5,12-14,16H,2,6-11,17H2,1H3. The summed E-state index contributed by atoms with van der Waals surface area (Å²) in [5.41, 5.74) is 7.53. The lowest BCUT2D eigenvalue weighted by molar-refractivity contribution is 0.233. The summed E-state index contributed by atoms with van der Waals surface area (Å²) in [4.78, 5) is 4.37. The van der Waals surface area contributed by atoms with Crippen LogP contribution in [0.3, 0.4) is 0 Å². The van der Waals surface area contributed by atoms with Crippen molar-refractivity contribution in [1.82, 2.24) is 4.98 Å². The van der Waals surface area contributed by atoms with Crippen LogP contribution in [0.25, 0.3) is 0 Å². The van der Waals surface area contributed by atoms with Gasteiger partial charge in [-0.1, -0.05) is 32.3 Å². The molecule has 0 spiro atoms. The Morgan fingerprint density at radius 3 is 2.67 bits per heavy atom. The maximum Gasteiger partial charge on any atom is 0.0404 e. The number of rotatable bonds is 5. The van der Waals surface area contributed by atoms with Crippen molar-refractivity contribution in [2.75, 3.05) is 0 Å². The van der Waals surface area contributed by atoms with Gasteiger partial charge in [-0.3, -0.25) is 4.98 Å². The van der Waals surface area contributed by atoms with Crippen molar-refractivity contribution < 1.29 is 0 Å². The maximum atomic E-state index is 6.36. The molecule has 1 aliphatic carbocycles. The van der Waals surface area contributed by atoms with Crippen molar-refractivity contribution in [3.05, 3.63) is 30.1 Å². The molecular formula is C16H26N2. The van der Waals surface area contributed by atoms with E-state index in [0.29, 0.717) is 6.04 Å². The minimum atomic E-state index is 0.366. The van der Waals surface area contributed by atoms with Crippen molar-refractivity contribution in [2.45, 2.75) is 57.9 Å². The normalized spacial score (nSPS) is 25.9. The van der Waals surface area contributed by atoms with Crippen molar-refractivity contribution in [3.63, 3.8) is 0 Å². The average Bonchev–Trinajstić information content (AvgIpc) is 2.46. The van der Waals surface area contributed by atoms with Gasteiger partial charge in [0.2, 0.25) is 0 Å². The SMILES string of the molecule is CCC1CCC(C(N)CCc2ccccn2)CC1. The quantitative estimate of drug-likeness (QED) is 0.862. The lowest BCUT2D eigenvalue weighted by Gasteiger charge is -2.31. The third-order valence-electron chi connectivity index (χ3n) is 4.53. The number of nitrogens with zero attached hydrogens (tertiary/aromatic N) is 1. The second-order valence-corrected chi connectivity index (χ2v) is 5.71. The molecule has 1 saturated carbocycles. The molecule has 1 heterocycles. The first-order valence-corrected chi connectivity index (χ1v) is 7.45. The van der Waals surface area contributed by atoms with Gasteiger partial charge < -0.3 is 5.73 Å². The molecule has 2 heteroatoms. The largest absolute Gasteiger partial charge is 0.327 e. The van der Waals surface area contributed by atoms with Gasteiger partial charge in [-0.15, -0.1) is 0 Å². The highest BCUT2D eigenvalue weighted by atomic mass is 14.7. The first kappa shape index (κ1) is 13.5. The molecule has 1 fully saturated rings. The molecule has 1 atom stereocenters. The van der Waals surface area contributed by atoms with Crippen LogP contribution in [0.4, 0.5) is 0 Å². The van der Waals surface area contributed by atoms with Gasteiger partial charge in [0, 0.05) is 17.9 Å². The summed E-state index contributed by atoms with van der Waals surface area (Å²) in [6.07, 6.45) is 10.8. The molecule has 2 N–H and O–H groups in total. The Bertz CT molecular complexity index is 328. The number of hydrogen-bond acceptors (Lipinski definition) is 2. The van der Waals surface area contributed by atoms with Gasteiger partial charge in [-0.2, -0.15) is 0 Å². The highest BCUT2D eigenvalue weighted by Gasteiger charge is 2.24. The van der Waals surface area contributed by atoms with Crippen molar-refractivity contribution >= 4 is 0 Å². The monoisotopic (exact) mass is 246 g/mol. The van der Waals surface area contributed by atoms with E-state index in [4.69, 9.17) is 5.73 Å². The van der Waals surface area contributed by atoms with E-state index in [2.05, 4.69) is 24.0 Å². The summed E-state index contributed by atoms with van der Waals surface area (Å²) < 4.78 is 0. The Hall–Kier alpha value is -0.890. The van der Waals surface area contributed by atoms with Crippen molar-refractivity contribution in [1.29, 1.82) is 0 Å². The van der Waals surface area contributed by atoms with E-state index in [-0.39, 0.29) is 0 Å². The molecule has 18 heavy (non-hydrogen) atoms. The first-order chi connectivity index (χ1) is 8.79. The summed E-state index contributed by atoms with van der Waals surface area (Å²) in [5.74, 6) is 1.71. The summed E-state index contributed by atoms with van der Waals surface area (Å²) in [6.45, 7) is 2.31. The van der Waals surface area contributed by atoms with Gasteiger partial charge >= 0.3 is 0 Å². The van der Waals surface area contributed by atoms with Crippen LogP contribution in [0.5, 0.6) is 0 Å². The summed E-state index contributed by atoms with van der Waals surface area (Å²) in [5, 5.41) is 0. The second kappa shape index (κ2) is 6.89. The predicted molar refractivity (Wildman–Crippen MR) is 76.3 cm³/mol. The fourth-order valence-electron chi connectivity index (χ4n) is 3.12. The van der Waals surface area contributed by atoms with Crippen LogP contribution in [0.2, 0.25) is 0 Å². The van der Waals surface area contributed by atoms with Gasteiger partial charge in [-0.25, -0.2) is 0 Å². The lowest BCUT2D eigenvalue weighted by atomic mass is 9.77. The van der Waals surface area contributed by atoms with Crippen LogP contribution in [-0.2, 0) is 6.42 Å². The van der Waals surface area contributed by atoms with E-state index >= 15 is 0 Å². The third kappa shape index (κ3) is 3.81. The van der Waals surface area contributed by atoms with Crippen molar-refractivity contribution in [3.8, 4) is 0 Å². The zero-order chi connectivity index (χ0) is 12.8. The topological polar surface area (TPSA) is 38.9 Å². The minimum absolute atomic E-state index is 0.366. The van der Waals surface area contributed by atoms with Gasteiger partial charge in [0.15, 0.2) is 0 Å². The number of hydrogen-bond donors (Lipinski definition) is 1. The molecule has 0 amide bonds. The van der Waals surface area contributed by atoms with Gasteiger partial charge in [0.1, 0.15) is 0 Å². The lowest BCUT2D eigenvalue weighted by Crippen LogP contribution is -2.33. The molecule has 2 rings (SSSR count). The van der Waals surface area contributed by atoms with Gasteiger partial charge in [0.05, 0.1) is 0 Å². The molecule has 2 nitrogen and oxygen atoms in total. The summed E-state index contributed by atoms with van der Waals surface area (Å²) >= 11 is 0. The summed E-state index contributed by atoms with van der Waals surface area (Å²) in [7, 11) is 0. The smallest absolute Gasteiger partial charge is 0.0404 e. The van der Waals surface area contributed by atoms with Gasteiger partial charge in [0.25, 0.3) is 0 Å². The van der Waals surface area contributed by atoms with E-state index in [1.54, 1.807) is 0 Å². The minimum Gasteiger partial charge on any atom is -0.327 e. The molecule has 1 aromatic heterocycles. The van der Waals surface area contributed by atoms with Crippen LogP contribution < -0.4 is 5.73 Å². The number of aromatic nitrogens is 1. The van der Waals surface area contributed by atoms with Crippen LogP contribution in [0.15, 0.2) is 24.4 Å². The molecule has 1 aliphatic rings. The molecule has 0 bridgehead atoms. The molecule has 1 unspecified atom stereocenters. The molecule has 1 aromatic rings. The average molecular weight is 246 g/mol. The Labute approximate surface area is 111 Å². The Kier molecular flexibility index (Phi) is 5.18. The molecule has 0 aliphatic heterocycles. The molecule has 100 valence electrons. The van der Waals surface area contributed by atoms with E-state index in [0.717, 1.165) is 24.7 Å².